The average Bonchev–Trinajstić information content (AvgIpc) is 2.69. The minimum atomic E-state index is 0.0976. The molecule has 0 aromatic heterocycles. The van der Waals surface area contributed by atoms with Crippen molar-refractivity contribution in [2.75, 3.05) is 6.61 Å². The smallest absolute Gasteiger partial charge is 0.143 e. The Hall–Kier alpha value is -1.31. The van der Waals surface area contributed by atoms with E-state index in [-0.39, 0.29) is 11.8 Å². The molecule has 3 unspecified atom stereocenters. The SMILES string of the molecule is CCCCCCCCOc1ccc(C2CCCC(CC(C)CC)C2=O)cc1. The molecule has 0 radical (unpaired) electrons. The van der Waals surface area contributed by atoms with Gasteiger partial charge in [0, 0.05) is 11.8 Å². The van der Waals surface area contributed by atoms with Crippen molar-refractivity contribution in [1.82, 2.24) is 0 Å². The van der Waals surface area contributed by atoms with Gasteiger partial charge in [-0.1, -0.05) is 77.8 Å². The van der Waals surface area contributed by atoms with Gasteiger partial charge in [0.05, 0.1) is 6.61 Å². The van der Waals surface area contributed by atoms with E-state index in [1.807, 2.05) is 0 Å². The second-order valence-electron chi connectivity index (χ2n) is 8.52. The predicted octanol–water partition coefficient (Wildman–Crippen LogP) is 7.31. The monoisotopic (exact) mass is 372 g/mol. The molecule has 27 heavy (non-hydrogen) atoms. The molecule has 1 aliphatic carbocycles. The molecule has 0 amide bonds. The van der Waals surface area contributed by atoms with E-state index in [9.17, 15) is 4.79 Å². The van der Waals surface area contributed by atoms with E-state index in [2.05, 4.69) is 45.0 Å². The maximum Gasteiger partial charge on any atom is 0.143 e. The average molecular weight is 373 g/mol. The van der Waals surface area contributed by atoms with Crippen LogP contribution in [-0.2, 0) is 4.79 Å². The van der Waals surface area contributed by atoms with Gasteiger partial charge in [0.25, 0.3) is 0 Å². The zero-order chi connectivity index (χ0) is 19.5. The summed E-state index contributed by atoms with van der Waals surface area (Å²) in [5.41, 5.74) is 1.18. The summed E-state index contributed by atoms with van der Waals surface area (Å²) in [5, 5.41) is 0. The van der Waals surface area contributed by atoms with Gasteiger partial charge in [-0.05, 0) is 49.3 Å². The standard InChI is InChI=1S/C25H40O2/c1-4-6-7-8-9-10-18-27-23-16-14-21(15-17-23)24-13-11-12-22(25(24)26)19-20(3)5-2/h14-17,20,22,24H,4-13,18-19H2,1-3H3. The van der Waals surface area contributed by atoms with E-state index >= 15 is 0 Å². The van der Waals surface area contributed by atoms with Gasteiger partial charge >= 0.3 is 0 Å². The number of unbranched alkanes of at least 4 members (excludes halogenated alkanes) is 5. The molecule has 0 N–H and O–H groups in total. The van der Waals surface area contributed by atoms with Crippen LogP contribution in [0.25, 0.3) is 0 Å². The van der Waals surface area contributed by atoms with E-state index in [4.69, 9.17) is 4.74 Å². The first kappa shape index (κ1) is 22.0. The minimum absolute atomic E-state index is 0.0976. The molecule has 2 nitrogen and oxygen atoms in total. The molecule has 152 valence electrons. The number of ketones is 1. The Kier molecular flexibility index (Phi) is 9.94. The van der Waals surface area contributed by atoms with Crippen molar-refractivity contribution in [1.29, 1.82) is 0 Å². The molecule has 0 saturated heterocycles. The number of ether oxygens (including phenoxy) is 1. The molecule has 0 spiro atoms. The first-order valence-corrected chi connectivity index (χ1v) is 11.4. The predicted molar refractivity (Wildman–Crippen MR) is 114 cm³/mol. The molecule has 1 aliphatic rings. The Morgan fingerprint density at radius 3 is 2.41 bits per heavy atom. The van der Waals surface area contributed by atoms with Crippen molar-refractivity contribution in [3.8, 4) is 5.75 Å². The molecular formula is C25H40O2. The third-order valence-corrected chi connectivity index (χ3v) is 6.22. The highest BCUT2D eigenvalue weighted by Gasteiger charge is 2.32. The highest BCUT2D eigenvalue weighted by Crippen LogP contribution is 2.36. The van der Waals surface area contributed by atoms with Gasteiger partial charge in [0.15, 0.2) is 0 Å². The molecule has 0 heterocycles. The number of carbonyl (C=O) groups is 1. The van der Waals surface area contributed by atoms with Crippen LogP contribution in [0.3, 0.4) is 0 Å². The van der Waals surface area contributed by atoms with E-state index in [0.29, 0.717) is 11.7 Å². The van der Waals surface area contributed by atoms with Gasteiger partial charge in [-0.3, -0.25) is 4.79 Å². The highest BCUT2D eigenvalue weighted by atomic mass is 16.5. The minimum Gasteiger partial charge on any atom is -0.494 e. The third kappa shape index (κ3) is 7.31. The molecular weight excluding hydrogens is 332 g/mol. The second kappa shape index (κ2) is 12.2. The third-order valence-electron chi connectivity index (χ3n) is 6.22. The van der Waals surface area contributed by atoms with Crippen LogP contribution in [0.2, 0.25) is 0 Å². The van der Waals surface area contributed by atoms with Crippen LogP contribution in [0.5, 0.6) is 5.75 Å². The lowest BCUT2D eigenvalue weighted by atomic mass is 9.74. The fourth-order valence-electron chi connectivity index (χ4n) is 4.22. The van der Waals surface area contributed by atoms with Crippen LogP contribution in [0.4, 0.5) is 0 Å². The number of benzene rings is 1. The lowest BCUT2D eigenvalue weighted by Crippen LogP contribution is -2.28. The zero-order valence-corrected chi connectivity index (χ0v) is 17.8. The number of hydrogen-bond donors (Lipinski definition) is 0. The van der Waals surface area contributed by atoms with Gasteiger partial charge in [-0.15, -0.1) is 0 Å². The van der Waals surface area contributed by atoms with Crippen molar-refractivity contribution >= 4 is 5.78 Å². The van der Waals surface area contributed by atoms with E-state index in [1.165, 1.54) is 50.5 Å². The normalized spacial score (nSPS) is 21.2. The summed E-state index contributed by atoms with van der Waals surface area (Å²) in [5.74, 6) is 2.42. The van der Waals surface area contributed by atoms with Crippen LogP contribution in [0, 0.1) is 11.8 Å². The first-order chi connectivity index (χ1) is 13.2. The van der Waals surface area contributed by atoms with Crippen molar-refractivity contribution in [2.24, 2.45) is 11.8 Å². The van der Waals surface area contributed by atoms with Crippen LogP contribution in [-0.4, -0.2) is 12.4 Å². The van der Waals surface area contributed by atoms with E-state index < -0.39 is 0 Å². The largest absolute Gasteiger partial charge is 0.494 e. The first-order valence-electron chi connectivity index (χ1n) is 11.4. The Morgan fingerprint density at radius 2 is 1.70 bits per heavy atom. The van der Waals surface area contributed by atoms with Crippen molar-refractivity contribution in [2.45, 2.75) is 97.3 Å². The maximum absolute atomic E-state index is 12.9. The zero-order valence-electron chi connectivity index (χ0n) is 17.8. The number of rotatable bonds is 12. The molecule has 2 rings (SSSR count). The summed E-state index contributed by atoms with van der Waals surface area (Å²) < 4.78 is 5.89. The van der Waals surface area contributed by atoms with E-state index in [0.717, 1.165) is 38.0 Å². The van der Waals surface area contributed by atoms with Crippen molar-refractivity contribution in [3.63, 3.8) is 0 Å². The molecule has 1 aromatic carbocycles. The lowest BCUT2D eigenvalue weighted by Gasteiger charge is -2.29. The fourth-order valence-corrected chi connectivity index (χ4v) is 4.22. The highest BCUT2D eigenvalue weighted by molar-refractivity contribution is 5.88. The Bertz CT molecular complexity index is 534. The summed E-state index contributed by atoms with van der Waals surface area (Å²) in [4.78, 5) is 12.9. The van der Waals surface area contributed by atoms with Gasteiger partial charge in [-0.2, -0.15) is 0 Å². The maximum atomic E-state index is 12.9. The Morgan fingerprint density at radius 1 is 1.00 bits per heavy atom. The van der Waals surface area contributed by atoms with Crippen LogP contribution in [0.15, 0.2) is 24.3 Å². The molecule has 0 bridgehead atoms. The molecule has 3 atom stereocenters. The summed E-state index contributed by atoms with van der Waals surface area (Å²) in [6.45, 7) is 7.54. The Labute approximate surface area is 167 Å². The molecule has 2 heteroatoms. The number of carbonyl (C=O) groups excluding carboxylic acids is 1. The van der Waals surface area contributed by atoms with Crippen LogP contribution < -0.4 is 4.74 Å². The van der Waals surface area contributed by atoms with Gasteiger partial charge < -0.3 is 4.74 Å². The molecule has 1 saturated carbocycles. The summed E-state index contributed by atoms with van der Waals surface area (Å²) in [6, 6.07) is 8.34. The van der Waals surface area contributed by atoms with Gasteiger partial charge in [0.2, 0.25) is 0 Å². The molecule has 1 aromatic rings. The summed E-state index contributed by atoms with van der Waals surface area (Å²) in [7, 11) is 0. The topological polar surface area (TPSA) is 26.3 Å². The quantitative estimate of drug-likeness (QED) is 0.359. The summed E-state index contributed by atoms with van der Waals surface area (Å²) >= 11 is 0. The van der Waals surface area contributed by atoms with Crippen molar-refractivity contribution < 1.29 is 9.53 Å². The fraction of sp³-hybridized carbons (Fsp3) is 0.720. The van der Waals surface area contributed by atoms with Crippen LogP contribution >= 0.6 is 0 Å². The number of hydrogen-bond acceptors (Lipinski definition) is 2. The second-order valence-corrected chi connectivity index (χ2v) is 8.52. The molecule has 1 fully saturated rings. The van der Waals surface area contributed by atoms with Gasteiger partial charge in [-0.25, -0.2) is 0 Å². The van der Waals surface area contributed by atoms with Crippen LogP contribution in [0.1, 0.15) is 103 Å². The lowest BCUT2D eigenvalue weighted by molar-refractivity contribution is -0.126. The Balaban J connectivity index is 1.79. The summed E-state index contributed by atoms with van der Waals surface area (Å²) in [6.07, 6.45) is 13.2. The number of Topliss-reactive ketones (excluding diaryl/α,β-unsaturated/α-hetero) is 1. The van der Waals surface area contributed by atoms with Crippen molar-refractivity contribution in [3.05, 3.63) is 29.8 Å². The van der Waals surface area contributed by atoms with Gasteiger partial charge in [0.1, 0.15) is 11.5 Å². The van der Waals surface area contributed by atoms with E-state index in [1.54, 1.807) is 0 Å². The molecule has 0 aliphatic heterocycles.